The van der Waals surface area contributed by atoms with Gasteiger partial charge in [0.1, 0.15) is 5.69 Å². The summed E-state index contributed by atoms with van der Waals surface area (Å²) in [6.45, 7) is 2.35. The van der Waals surface area contributed by atoms with E-state index < -0.39 is 0 Å². The molecule has 6 nitrogen and oxygen atoms in total. The van der Waals surface area contributed by atoms with Gasteiger partial charge < -0.3 is 15.2 Å². The number of carbonyl (C=O) groups excluding carboxylic acids is 1. The second-order valence-corrected chi connectivity index (χ2v) is 7.40. The second kappa shape index (κ2) is 8.54. The van der Waals surface area contributed by atoms with Gasteiger partial charge in [-0.05, 0) is 55.6 Å². The van der Waals surface area contributed by atoms with E-state index in [4.69, 9.17) is 16.1 Å². The van der Waals surface area contributed by atoms with E-state index in [1.807, 2.05) is 30.5 Å². The van der Waals surface area contributed by atoms with Gasteiger partial charge in [0, 0.05) is 24.0 Å². The van der Waals surface area contributed by atoms with Crippen LogP contribution in [-0.4, -0.2) is 29.1 Å². The maximum Gasteiger partial charge on any atom is 0.253 e. The Balaban J connectivity index is 1.37. The third kappa shape index (κ3) is 4.40. The zero-order chi connectivity index (χ0) is 19.3. The minimum Gasteiger partial charge on any atom is -0.356 e. The fourth-order valence-corrected chi connectivity index (χ4v) is 3.63. The highest BCUT2D eigenvalue weighted by atomic mass is 35.5. The fourth-order valence-electron chi connectivity index (χ4n) is 3.40. The molecule has 4 rings (SSSR count). The van der Waals surface area contributed by atoms with Crippen molar-refractivity contribution in [1.82, 2.24) is 20.8 Å². The topological polar surface area (TPSA) is 80.1 Å². The lowest BCUT2D eigenvalue weighted by Crippen LogP contribution is -2.23. The first-order chi connectivity index (χ1) is 13.7. The molecule has 0 spiro atoms. The van der Waals surface area contributed by atoms with Crippen molar-refractivity contribution in [2.24, 2.45) is 5.92 Å². The van der Waals surface area contributed by atoms with Crippen molar-refractivity contribution in [1.29, 1.82) is 0 Å². The molecule has 3 aromatic rings. The van der Waals surface area contributed by atoms with Gasteiger partial charge in [-0.1, -0.05) is 28.9 Å². The zero-order valence-electron chi connectivity index (χ0n) is 15.3. The molecule has 28 heavy (non-hydrogen) atoms. The van der Waals surface area contributed by atoms with Crippen LogP contribution in [0.2, 0.25) is 5.02 Å². The molecular weight excluding hydrogens is 376 g/mol. The number of pyridine rings is 1. The Kier molecular flexibility index (Phi) is 5.69. The maximum absolute atomic E-state index is 12.5. The van der Waals surface area contributed by atoms with Gasteiger partial charge in [0.25, 0.3) is 5.91 Å². The fraction of sp³-hybridized carbons (Fsp3) is 0.286. The van der Waals surface area contributed by atoms with Gasteiger partial charge in [0.05, 0.1) is 17.1 Å². The normalized spacial score (nSPS) is 16.2. The third-order valence-electron chi connectivity index (χ3n) is 4.87. The minimum absolute atomic E-state index is 0.179. The van der Waals surface area contributed by atoms with Crippen LogP contribution in [0.4, 0.5) is 0 Å². The van der Waals surface area contributed by atoms with Crippen molar-refractivity contribution in [3.63, 3.8) is 0 Å². The van der Waals surface area contributed by atoms with Crippen LogP contribution in [0.25, 0.3) is 11.3 Å². The zero-order valence-corrected chi connectivity index (χ0v) is 16.1. The van der Waals surface area contributed by atoms with Crippen molar-refractivity contribution in [3.05, 3.63) is 70.6 Å². The Morgan fingerprint density at radius 2 is 2.18 bits per heavy atom. The van der Waals surface area contributed by atoms with E-state index in [0.717, 1.165) is 37.1 Å². The number of carbonyl (C=O) groups is 1. The lowest BCUT2D eigenvalue weighted by molar-refractivity contribution is 0.0949. The molecule has 1 aliphatic heterocycles. The van der Waals surface area contributed by atoms with Crippen LogP contribution in [0.1, 0.15) is 28.0 Å². The minimum atomic E-state index is -0.179. The standard InChI is InChI=1S/C21H21ClN4O2/c22-19-4-2-1-3-18(19)20-9-17(26-28-20)13-25-21(27)16-8-15(11-24-12-16)7-14-5-6-23-10-14/h1-4,8-9,11-12,14,23H,5-7,10,13H2,(H,25,27). The summed E-state index contributed by atoms with van der Waals surface area (Å²) in [5.74, 6) is 1.00. The van der Waals surface area contributed by atoms with Crippen molar-refractivity contribution in [2.45, 2.75) is 19.4 Å². The van der Waals surface area contributed by atoms with Gasteiger partial charge in [-0.3, -0.25) is 9.78 Å². The first kappa shape index (κ1) is 18.7. The number of hydrogen-bond donors (Lipinski definition) is 2. The van der Waals surface area contributed by atoms with Gasteiger partial charge in [-0.25, -0.2) is 0 Å². The van der Waals surface area contributed by atoms with Gasteiger partial charge in [-0.15, -0.1) is 0 Å². The number of hydrogen-bond acceptors (Lipinski definition) is 5. The number of rotatable bonds is 6. The van der Waals surface area contributed by atoms with Crippen molar-refractivity contribution in [2.75, 3.05) is 13.1 Å². The number of halogens is 1. The van der Waals surface area contributed by atoms with Gasteiger partial charge in [0.2, 0.25) is 0 Å². The van der Waals surface area contributed by atoms with Gasteiger partial charge in [0.15, 0.2) is 5.76 Å². The molecule has 1 aliphatic rings. The van der Waals surface area contributed by atoms with E-state index in [1.165, 1.54) is 0 Å². The van der Waals surface area contributed by atoms with Crippen LogP contribution < -0.4 is 10.6 Å². The lowest BCUT2D eigenvalue weighted by Gasteiger charge is -2.09. The van der Waals surface area contributed by atoms with Crippen LogP contribution in [-0.2, 0) is 13.0 Å². The van der Waals surface area contributed by atoms with E-state index in [9.17, 15) is 4.79 Å². The summed E-state index contributed by atoms with van der Waals surface area (Å²) in [7, 11) is 0. The van der Waals surface area contributed by atoms with Crippen LogP contribution in [0.3, 0.4) is 0 Å². The molecule has 1 unspecified atom stereocenters. The average Bonchev–Trinajstić information content (AvgIpc) is 3.39. The van der Waals surface area contributed by atoms with E-state index in [2.05, 4.69) is 20.8 Å². The Labute approximate surface area is 168 Å². The van der Waals surface area contributed by atoms with E-state index >= 15 is 0 Å². The highest BCUT2D eigenvalue weighted by molar-refractivity contribution is 6.33. The molecule has 0 bridgehead atoms. The van der Waals surface area contributed by atoms with E-state index in [1.54, 1.807) is 18.3 Å². The number of aromatic nitrogens is 2. The molecule has 1 aromatic carbocycles. The predicted molar refractivity (Wildman–Crippen MR) is 107 cm³/mol. The van der Waals surface area contributed by atoms with Crippen LogP contribution in [0, 0.1) is 5.92 Å². The Morgan fingerprint density at radius 3 is 3.00 bits per heavy atom. The van der Waals surface area contributed by atoms with E-state index in [0.29, 0.717) is 28.0 Å². The largest absolute Gasteiger partial charge is 0.356 e. The summed E-state index contributed by atoms with van der Waals surface area (Å²) in [6.07, 6.45) is 5.52. The Bertz CT molecular complexity index is 966. The van der Waals surface area contributed by atoms with Crippen molar-refractivity contribution in [3.8, 4) is 11.3 Å². The molecule has 0 saturated carbocycles. The second-order valence-electron chi connectivity index (χ2n) is 6.99. The number of benzene rings is 1. The number of nitrogens with one attached hydrogen (secondary N) is 2. The summed E-state index contributed by atoms with van der Waals surface area (Å²) < 4.78 is 5.36. The molecule has 1 saturated heterocycles. The molecule has 7 heteroatoms. The summed E-state index contributed by atoms with van der Waals surface area (Å²) in [5, 5.41) is 10.8. The van der Waals surface area contributed by atoms with Crippen molar-refractivity contribution >= 4 is 17.5 Å². The lowest BCUT2D eigenvalue weighted by atomic mass is 9.99. The summed E-state index contributed by atoms with van der Waals surface area (Å²) in [6, 6.07) is 11.1. The monoisotopic (exact) mass is 396 g/mol. The van der Waals surface area contributed by atoms with Crippen LogP contribution >= 0.6 is 11.6 Å². The van der Waals surface area contributed by atoms with Crippen molar-refractivity contribution < 1.29 is 9.32 Å². The average molecular weight is 397 g/mol. The van der Waals surface area contributed by atoms with Gasteiger partial charge in [-0.2, -0.15) is 0 Å². The Hall–Kier alpha value is -2.70. The summed E-state index contributed by atoms with van der Waals surface area (Å²) in [5.41, 5.74) is 3.04. The number of amides is 1. The molecular formula is C21H21ClN4O2. The molecule has 3 heterocycles. The highest BCUT2D eigenvalue weighted by Gasteiger charge is 2.16. The van der Waals surface area contributed by atoms with Gasteiger partial charge >= 0.3 is 0 Å². The first-order valence-electron chi connectivity index (χ1n) is 9.32. The highest BCUT2D eigenvalue weighted by Crippen LogP contribution is 2.27. The molecule has 2 N–H and O–H groups in total. The predicted octanol–water partition coefficient (Wildman–Crippen LogP) is 3.47. The smallest absolute Gasteiger partial charge is 0.253 e. The molecule has 0 radical (unpaired) electrons. The Morgan fingerprint density at radius 1 is 1.29 bits per heavy atom. The molecule has 144 valence electrons. The van der Waals surface area contributed by atoms with Crippen LogP contribution in [0.15, 0.2) is 53.3 Å². The van der Waals surface area contributed by atoms with Crippen LogP contribution in [0.5, 0.6) is 0 Å². The summed E-state index contributed by atoms with van der Waals surface area (Å²) >= 11 is 6.18. The maximum atomic E-state index is 12.5. The summed E-state index contributed by atoms with van der Waals surface area (Å²) in [4.78, 5) is 16.7. The molecule has 1 fully saturated rings. The molecule has 0 aliphatic carbocycles. The molecule has 1 atom stereocenters. The molecule has 2 aromatic heterocycles. The first-order valence-corrected chi connectivity index (χ1v) is 9.70. The molecule has 1 amide bonds. The quantitative estimate of drug-likeness (QED) is 0.666. The number of nitrogens with zero attached hydrogens (tertiary/aromatic N) is 2. The third-order valence-corrected chi connectivity index (χ3v) is 5.20. The SMILES string of the molecule is O=C(NCc1cc(-c2ccccc2Cl)on1)c1cncc(CC2CCNC2)c1. The van der Waals surface area contributed by atoms with E-state index in [-0.39, 0.29) is 12.5 Å².